The van der Waals surface area contributed by atoms with Gasteiger partial charge in [0.25, 0.3) is 0 Å². The largest absolute Gasteiger partial charge is 0.396 e. The van der Waals surface area contributed by atoms with Crippen LogP contribution < -0.4 is 0 Å². The van der Waals surface area contributed by atoms with Crippen LogP contribution in [0, 0.1) is 11.3 Å². The van der Waals surface area contributed by atoms with Crippen LogP contribution in [0.2, 0.25) is 0 Å². The van der Waals surface area contributed by atoms with E-state index in [0.717, 1.165) is 6.42 Å². The molecule has 0 amide bonds. The Kier molecular flexibility index (Phi) is 5.46. The minimum Gasteiger partial charge on any atom is -0.396 e. The average Bonchev–Trinajstić information content (AvgIpc) is 2.05. The summed E-state index contributed by atoms with van der Waals surface area (Å²) >= 11 is 0. The van der Waals surface area contributed by atoms with Gasteiger partial charge in [-0.25, -0.2) is 0 Å². The summed E-state index contributed by atoms with van der Waals surface area (Å²) in [5.41, 5.74) is -0.211. The smallest absolute Gasteiger partial charge is 0.0538 e. The minimum atomic E-state index is -0.211. The summed E-state index contributed by atoms with van der Waals surface area (Å²) in [5.74, 6) is 0.220. The second-order valence-electron chi connectivity index (χ2n) is 3.89. The third kappa shape index (κ3) is 4.04. The first kappa shape index (κ1) is 11.9. The molecule has 3 nitrogen and oxygen atoms in total. The Morgan fingerprint density at radius 1 is 1.42 bits per heavy atom. The molecule has 3 heteroatoms. The number of hydrogen-bond acceptors (Lipinski definition) is 3. The first-order chi connectivity index (χ1) is 5.58. The second-order valence-corrected chi connectivity index (χ2v) is 3.89. The highest BCUT2D eigenvalue weighted by Crippen LogP contribution is 2.25. The molecule has 0 bridgehead atoms. The summed E-state index contributed by atoms with van der Waals surface area (Å²) < 4.78 is 5.00. The molecular weight excluding hydrogens is 156 g/mol. The van der Waals surface area contributed by atoms with Crippen LogP contribution in [0.3, 0.4) is 0 Å². The van der Waals surface area contributed by atoms with Crippen LogP contribution >= 0.6 is 0 Å². The van der Waals surface area contributed by atoms with Crippen molar-refractivity contribution in [2.75, 3.05) is 26.9 Å². The normalized spacial score (nSPS) is 18.8. The number of ether oxygens (including phenoxy) is 1. The molecule has 0 spiro atoms. The maximum Gasteiger partial charge on any atom is 0.0538 e. The monoisotopic (exact) mass is 176 g/mol. The van der Waals surface area contributed by atoms with E-state index in [0.29, 0.717) is 6.61 Å². The van der Waals surface area contributed by atoms with E-state index >= 15 is 0 Å². The van der Waals surface area contributed by atoms with Gasteiger partial charge in [-0.3, -0.25) is 0 Å². The SMILES string of the molecule is COC[C@@](C)(CO)C[C@H](C)CO. The molecule has 74 valence electrons. The Morgan fingerprint density at radius 3 is 2.33 bits per heavy atom. The topological polar surface area (TPSA) is 49.7 Å². The van der Waals surface area contributed by atoms with E-state index in [1.54, 1.807) is 7.11 Å². The van der Waals surface area contributed by atoms with Gasteiger partial charge in [0.2, 0.25) is 0 Å². The van der Waals surface area contributed by atoms with Crippen molar-refractivity contribution in [3.05, 3.63) is 0 Å². The predicted molar refractivity (Wildman–Crippen MR) is 47.9 cm³/mol. The van der Waals surface area contributed by atoms with E-state index in [4.69, 9.17) is 14.9 Å². The molecule has 0 saturated heterocycles. The number of aliphatic hydroxyl groups is 2. The fourth-order valence-electron chi connectivity index (χ4n) is 1.42. The van der Waals surface area contributed by atoms with Crippen molar-refractivity contribution < 1.29 is 14.9 Å². The third-order valence-electron chi connectivity index (χ3n) is 2.03. The van der Waals surface area contributed by atoms with Crippen LogP contribution in [-0.4, -0.2) is 37.1 Å². The second kappa shape index (κ2) is 5.51. The molecule has 0 fully saturated rings. The fraction of sp³-hybridized carbons (Fsp3) is 1.00. The van der Waals surface area contributed by atoms with Gasteiger partial charge in [0.05, 0.1) is 13.2 Å². The van der Waals surface area contributed by atoms with Gasteiger partial charge in [0.1, 0.15) is 0 Å². The molecule has 0 aromatic rings. The highest BCUT2D eigenvalue weighted by molar-refractivity contribution is 4.75. The van der Waals surface area contributed by atoms with E-state index in [2.05, 4.69) is 0 Å². The van der Waals surface area contributed by atoms with Crippen LogP contribution in [0.4, 0.5) is 0 Å². The molecule has 2 N–H and O–H groups in total. The lowest BCUT2D eigenvalue weighted by atomic mass is 9.83. The highest BCUT2D eigenvalue weighted by atomic mass is 16.5. The Morgan fingerprint density at radius 2 is 2.00 bits per heavy atom. The molecule has 0 rings (SSSR count). The lowest BCUT2D eigenvalue weighted by Gasteiger charge is -2.28. The zero-order chi connectivity index (χ0) is 9.61. The first-order valence-electron chi connectivity index (χ1n) is 4.28. The quantitative estimate of drug-likeness (QED) is 0.624. The van der Waals surface area contributed by atoms with E-state index in [9.17, 15) is 0 Å². The van der Waals surface area contributed by atoms with Gasteiger partial charge in [-0.1, -0.05) is 13.8 Å². The Bertz CT molecular complexity index is 116. The van der Waals surface area contributed by atoms with Crippen molar-refractivity contribution in [3.8, 4) is 0 Å². The van der Waals surface area contributed by atoms with Gasteiger partial charge in [-0.2, -0.15) is 0 Å². The van der Waals surface area contributed by atoms with Crippen molar-refractivity contribution in [2.45, 2.75) is 20.3 Å². The van der Waals surface area contributed by atoms with E-state index in [-0.39, 0.29) is 24.5 Å². The molecule has 0 aromatic carbocycles. The number of aliphatic hydroxyl groups excluding tert-OH is 2. The summed E-state index contributed by atoms with van der Waals surface area (Å²) in [6.07, 6.45) is 0.786. The molecular formula is C9H20O3. The van der Waals surface area contributed by atoms with E-state index in [1.165, 1.54) is 0 Å². The molecule has 0 aliphatic rings. The summed E-state index contributed by atoms with van der Waals surface area (Å²) in [5, 5.41) is 17.9. The zero-order valence-electron chi connectivity index (χ0n) is 8.21. The van der Waals surface area contributed by atoms with Crippen LogP contribution in [0.15, 0.2) is 0 Å². The average molecular weight is 176 g/mol. The predicted octanol–water partition coefficient (Wildman–Crippen LogP) is 0.650. The maximum atomic E-state index is 9.10. The Labute approximate surface area is 74.4 Å². The third-order valence-corrected chi connectivity index (χ3v) is 2.03. The van der Waals surface area contributed by atoms with Crippen LogP contribution in [0.1, 0.15) is 20.3 Å². The lowest BCUT2D eigenvalue weighted by Crippen LogP contribution is -2.30. The summed E-state index contributed by atoms with van der Waals surface area (Å²) in [7, 11) is 1.62. The Balaban J connectivity index is 3.94. The van der Waals surface area contributed by atoms with Gasteiger partial charge in [0.15, 0.2) is 0 Å². The van der Waals surface area contributed by atoms with Crippen LogP contribution in [0.25, 0.3) is 0 Å². The van der Waals surface area contributed by atoms with Crippen molar-refractivity contribution in [1.29, 1.82) is 0 Å². The number of methoxy groups -OCH3 is 1. The van der Waals surface area contributed by atoms with Crippen molar-refractivity contribution in [1.82, 2.24) is 0 Å². The molecule has 0 saturated carbocycles. The fourth-order valence-corrected chi connectivity index (χ4v) is 1.42. The van der Waals surface area contributed by atoms with E-state index in [1.807, 2.05) is 13.8 Å². The van der Waals surface area contributed by atoms with Crippen LogP contribution in [0.5, 0.6) is 0 Å². The molecule has 0 unspecified atom stereocenters. The number of hydrogen-bond donors (Lipinski definition) is 2. The summed E-state index contributed by atoms with van der Waals surface area (Å²) in [6, 6.07) is 0. The van der Waals surface area contributed by atoms with Crippen molar-refractivity contribution in [3.63, 3.8) is 0 Å². The molecule has 0 heterocycles. The summed E-state index contributed by atoms with van der Waals surface area (Å²) in [6.45, 7) is 4.73. The lowest BCUT2D eigenvalue weighted by molar-refractivity contribution is 0.0199. The molecule has 0 aliphatic heterocycles. The van der Waals surface area contributed by atoms with Gasteiger partial charge in [-0.15, -0.1) is 0 Å². The van der Waals surface area contributed by atoms with Crippen LogP contribution in [-0.2, 0) is 4.74 Å². The van der Waals surface area contributed by atoms with Gasteiger partial charge < -0.3 is 14.9 Å². The van der Waals surface area contributed by atoms with Crippen molar-refractivity contribution >= 4 is 0 Å². The van der Waals surface area contributed by atoms with Gasteiger partial charge in [0, 0.05) is 19.1 Å². The standard InChI is InChI=1S/C9H20O3/c1-8(5-10)4-9(2,6-11)7-12-3/h8,10-11H,4-7H2,1-3H3/t8-,9+/m0/s1. The number of rotatable bonds is 6. The maximum absolute atomic E-state index is 9.10. The van der Waals surface area contributed by atoms with Crippen molar-refractivity contribution in [2.24, 2.45) is 11.3 Å². The summed E-state index contributed by atoms with van der Waals surface area (Å²) in [4.78, 5) is 0. The molecule has 0 radical (unpaired) electrons. The van der Waals surface area contributed by atoms with Gasteiger partial charge >= 0.3 is 0 Å². The minimum absolute atomic E-state index is 0.102. The molecule has 2 atom stereocenters. The molecule has 12 heavy (non-hydrogen) atoms. The zero-order valence-corrected chi connectivity index (χ0v) is 8.21. The van der Waals surface area contributed by atoms with Gasteiger partial charge in [-0.05, 0) is 12.3 Å². The first-order valence-corrected chi connectivity index (χ1v) is 4.28. The van der Waals surface area contributed by atoms with E-state index < -0.39 is 0 Å². The molecule has 0 aromatic heterocycles. The molecule has 0 aliphatic carbocycles. The highest BCUT2D eigenvalue weighted by Gasteiger charge is 2.25. The Hall–Kier alpha value is -0.120.